The van der Waals surface area contributed by atoms with Gasteiger partial charge in [-0.15, -0.1) is 0 Å². The first-order valence-electron chi connectivity index (χ1n) is 5.53. The maximum Gasteiger partial charge on any atom is 0.140 e. The summed E-state index contributed by atoms with van der Waals surface area (Å²) in [6, 6.07) is 12.8. The van der Waals surface area contributed by atoms with Gasteiger partial charge in [0.1, 0.15) is 11.9 Å². The number of nitrogen functional groups attached to an aromatic ring is 1. The highest BCUT2D eigenvalue weighted by atomic mass is 32.2. The van der Waals surface area contributed by atoms with Gasteiger partial charge in [-0.1, -0.05) is 18.2 Å². The number of para-hydroxylation sites is 1. The Morgan fingerprint density at radius 1 is 1.26 bits per heavy atom. The van der Waals surface area contributed by atoms with Crippen molar-refractivity contribution in [2.75, 3.05) is 5.73 Å². The lowest BCUT2D eigenvalue weighted by Gasteiger charge is -2.06. The summed E-state index contributed by atoms with van der Waals surface area (Å²) in [6.07, 6.45) is 0. The summed E-state index contributed by atoms with van der Waals surface area (Å²) in [7, 11) is -1.32. The normalized spacial score (nSPS) is 11.8. The van der Waals surface area contributed by atoms with Gasteiger partial charge in [0.25, 0.3) is 0 Å². The van der Waals surface area contributed by atoms with Gasteiger partial charge >= 0.3 is 0 Å². The molecule has 2 aromatic rings. The van der Waals surface area contributed by atoms with E-state index in [0.717, 1.165) is 0 Å². The van der Waals surface area contributed by atoms with Crippen molar-refractivity contribution < 1.29 is 8.60 Å². The Kier molecular flexibility index (Phi) is 3.93. The Balaban J connectivity index is 2.25. The first-order chi connectivity index (χ1) is 9.11. The van der Waals surface area contributed by atoms with Crippen molar-refractivity contribution in [3.05, 3.63) is 59.4 Å². The van der Waals surface area contributed by atoms with Crippen molar-refractivity contribution in [2.24, 2.45) is 0 Å². The molecule has 3 nitrogen and oxygen atoms in total. The highest BCUT2D eigenvalue weighted by molar-refractivity contribution is 7.84. The predicted molar refractivity (Wildman–Crippen MR) is 72.1 cm³/mol. The van der Waals surface area contributed by atoms with Crippen molar-refractivity contribution in [1.82, 2.24) is 0 Å². The van der Waals surface area contributed by atoms with Crippen molar-refractivity contribution >= 4 is 16.5 Å². The van der Waals surface area contributed by atoms with Crippen LogP contribution in [0.5, 0.6) is 0 Å². The Labute approximate surface area is 112 Å². The van der Waals surface area contributed by atoms with Gasteiger partial charge in [0.15, 0.2) is 0 Å². The van der Waals surface area contributed by atoms with Crippen molar-refractivity contribution in [1.29, 1.82) is 5.26 Å². The highest BCUT2D eigenvalue weighted by Crippen LogP contribution is 2.19. The molecule has 2 rings (SSSR count). The van der Waals surface area contributed by atoms with Gasteiger partial charge in [-0.2, -0.15) is 5.26 Å². The number of nitrogens with zero attached hydrogens (tertiary/aromatic N) is 1. The van der Waals surface area contributed by atoms with E-state index in [9.17, 15) is 8.60 Å². The van der Waals surface area contributed by atoms with E-state index >= 15 is 0 Å². The topological polar surface area (TPSA) is 66.9 Å². The molecule has 96 valence electrons. The molecule has 2 N–H and O–H groups in total. The fraction of sp³-hybridized carbons (Fsp3) is 0.0714. The lowest BCUT2D eigenvalue weighted by molar-refractivity contribution is 0.623. The lowest BCUT2D eigenvalue weighted by Crippen LogP contribution is -2.01. The van der Waals surface area contributed by atoms with Gasteiger partial charge in [-0.25, -0.2) is 4.39 Å². The van der Waals surface area contributed by atoms with Gasteiger partial charge in [-0.3, -0.25) is 4.21 Å². The van der Waals surface area contributed by atoms with E-state index < -0.39 is 16.6 Å². The van der Waals surface area contributed by atoms with Crippen LogP contribution in [-0.2, 0) is 16.6 Å². The van der Waals surface area contributed by atoms with E-state index in [1.54, 1.807) is 30.3 Å². The molecule has 1 unspecified atom stereocenters. The van der Waals surface area contributed by atoms with Crippen molar-refractivity contribution in [3.63, 3.8) is 0 Å². The Hall–Kier alpha value is -2.19. The van der Waals surface area contributed by atoms with Crippen LogP contribution in [-0.4, -0.2) is 4.21 Å². The van der Waals surface area contributed by atoms with Gasteiger partial charge in [-0.05, 0) is 29.8 Å². The molecule has 0 bridgehead atoms. The largest absolute Gasteiger partial charge is 0.398 e. The molecule has 5 heteroatoms. The number of nitriles is 1. The minimum absolute atomic E-state index is 0.0458. The maximum absolute atomic E-state index is 13.2. The molecule has 0 radical (unpaired) electrons. The van der Waals surface area contributed by atoms with Gasteiger partial charge in [0, 0.05) is 5.69 Å². The van der Waals surface area contributed by atoms with E-state index in [0.29, 0.717) is 16.1 Å². The number of benzene rings is 2. The fourth-order valence-corrected chi connectivity index (χ4v) is 2.86. The molecule has 0 fully saturated rings. The summed E-state index contributed by atoms with van der Waals surface area (Å²) < 4.78 is 25.4. The van der Waals surface area contributed by atoms with Crippen LogP contribution in [0.15, 0.2) is 47.4 Å². The number of hydrogen-bond acceptors (Lipinski definition) is 3. The zero-order chi connectivity index (χ0) is 13.8. The van der Waals surface area contributed by atoms with Gasteiger partial charge in [0.2, 0.25) is 0 Å². The van der Waals surface area contributed by atoms with Crippen LogP contribution >= 0.6 is 0 Å². The molecule has 0 heterocycles. The summed E-state index contributed by atoms with van der Waals surface area (Å²) >= 11 is 0. The second-order valence-corrected chi connectivity index (χ2v) is 5.37. The van der Waals surface area contributed by atoms with E-state index in [1.807, 2.05) is 0 Å². The smallest absolute Gasteiger partial charge is 0.140 e. The molecular formula is C14H11FN2OS. The second-order valence-electron chi connectivity index (χ2n) is 3.95. The minimum atomic E-state index is -1.32. The summed E-state index contributed by atoms with van der Waals surface area (Å²) in [5.41, 5.74) is 6.80. The van der Waals surface area contributed by atoms with Crippen LogP contribution in [0.25, 0.3) is 0 Å². The van der Waals surface area contributed by atoms with Crippen molar-refractivity contribution in [2.45, 2.75) is 10.6 Å². The monoisotopic (exact) mass is 274 g/mol. The number of nitrogens with two attached hydrogens (primary N) is 1. The highest BCUT2D eigenvalue weighted by Gasteiger charge is 2.10. The Bertz CT molecular complexity index is 679. The summed E-state index contributed by atoms with van der Waals surface area (Å²) in [6.45, 7) is 0. The van der Waals surface area contributed by atoms with Gasteiger partial charge < -0.3 is 5.73 Å². The van der Waals surface area contributed by atoms with Crippen LogP contribution in [0, 0.1) is 17.1 Å². The SMILES string of the molecule is N#Cc1cc(CS(=O)c2ccccc2N)ccc1F. The van der Waals surface area contributed by atoms with Crippen LogP contribution in [0.4, 0.5) is 10.1 Å². The molecule has 0 aromatic heterocycles. The molecule has 19 heavy (non-hydrogen) atoms. The lowest BCUT2D eigenvalue weighted by atomic mass is 10.1. The average molecular weight is 274 g/mol. The summed E-state index contributed by atoms with van der Waals surface area (Å²) in [5, 5.41) is 8.75. The zero-order valence-electron chi connectivity index (χ0n) is 9.97. The van der Waals surface area contributed by atoms with E-state index in [-0.39, 0.29) is 11.3 Å². The maximum atomic E-state index is 13.2. The number of anilines is 1. The van der Waals surface area contributed by atoms with Crippen LogP contribution < -0.4 is 5.73 Å². The molecule has 2 aromatic carbocycles. The number of hydrogen-bond donors (Lipinski definition) is 1. The molecule has 0 aliphatic carbocycles. The molecule has 0 aliphatic rings. The quantitative estimate of drug-likeness (QED) is 0.875. The molecule has 0 spiro atoms. The fourth-order valence-electron chi connectivity index (χ4n) is 1.66. The standard InChI is InChI=1S/C14H11FN2OS/c15-12-6-5-10(7-11(12)8-16)9-19(18)14-4-2-1-3-13(14)17/h1-7H,9,17H2. The molecule has 0 aliphatic heterocycles. The average Bonchev–Trinajstić information content (AvgIpc) is 2.41. The molecule has 0 saturated carbocycles. The first-order valence-corrected chi connectivity index (χ1v) is 6.85. The van der Waals surface area contributed by atoms with Crippen LogP contribution in [0.1, 0.15) is 11.1 Å². The van der Waals surface area contributed by atoms with E-state index in [2.05, 4.69) is 0 Å². The Morgan fingerprint density at radius 2 is 2.00 bits per heavy atom. The number of halogens is 1. The minimum Gasteiger partial charge on any atom is -0.398 e. The van der Waals surface area contributed by atoms with Crippen molar-refractivity contribution in [3.8, 4) is 6.07 Å². The molecule has 0 amide bonds. The second kappa shape index (κ2) is 5.63. The molecular weight excluding hydrogens is 263 g/mol. The molecule has 1 atom stereocenters. The third-order valence-electron chi connectivity index (χ3n) is 2.61. The zero-order valence-corrected chi connectivity index (χ0v) is 10.8. The third kappa shape index (κ3) is 2.98. The first kappa shape index (κ1) is 13.2. The predicted octanol–water partition coefficient (Wildman–Crippen LogP) is 2.59. The summed E-state index contributed by atoms with van der Waals surface area (Å²) in [5.74, 6) is -0.375. The van der Waals surface area contributed by atoms with E-state index in [4.69, 9.17) is 11.0 Å². The summed E-state index contributed by atoms with van der Waals surface area (Å²) in [4.78, 5) is 0.547. The Morgan fingerprint density at radius 3 is 2.68 bits per heavy atom. The van der Waals surface area contributed by atoms with E-state index in [1.165, 1.54) is 18.2 Å². The third-order valence-corrected chi connectivity index (χ3v) is 4.07. The van der Waals surface area contributed by atoms with Crippen LogP contribution in [0.3, 0.4) is 0 Å². The number of rotatable bonds is 3. The van der Waals surface area contributed by atoms with Gasteiger partial charge in [0.05, 0.1) is 27.0 Å². The molecule has 0 saturated heterocycles. The van der Waals surface area contributed by atoms with Crippen LogP contribution in [0.2, 0.25) is 0 Å².